The van der Waals surface area contributed by atoms with E-state index in [2.05, 4.69) is 21.9 Å². The summed E-state index contributed by atoms with van der Waals surface area (Å²) in [6.07, 6.45) is 1.57. The first-order valence-corrected chi connectivity index (χ1v) is 8.22. The summed E-state index contributed by atoms with van der Waals surface area (Å²) in [7, 11) is 0. The molecule has 0 saturated carbocycles. The van der Waals surface area contributed by atoms with Crippen LogP contribution in [0.25, 0.3) is 10.8 Å². The molecule has 0 bridgehead atoms. The van der Waals surface area contributed by atoms with Crippen molar-refractivity contribution in [3.63, 3.8) is 0 Å². The number of anilines is 1. The van der Waals surface area contributed by atoms with Gasteiger partial charge in [0.25, 0.3) is 5.91 Å². The fraction of sp³-hybridized carbons (Fsp3) is 0.100. The van der Waals surface area contributed by atoms with Crippen molar-refractivity contribution in [2.24, 2.45) is 5.10 Å². The number of carbonyl (C=O) groups excluding carboxylic acids is 1. The molecule has 4 rings (SSSR count). The van der Waals surface area contributed by atoms with Gasteiger partial charge in [-0.15, -0.1) is 0 Å². The number of hydrazone groups is 1. The van der Waals surface area contributed by atoms with Gasteiger partial charge in [-0.25, -0.2) is 5.43 Å². The number of amides is 1. The third kappa shape index (κ3) is 3.59. The van der Waals surface area contributed by atoms with Gasteiger partial charge in [-0.1, -0.05) is 30.3 Å². The fourth-order valence-corrected chi connectivity index (χ4v) is 2.69. The minimum Gasteiger partial charge on any atom is -0.454 e. The summed E-state index contributed by atoms with van der Waals surface area (Å²) in [6.45, 7) is 0.365. The molecule has 1 aliphatic heterocycles. The van der Waals surface area contributed by atoms with Crippen LogP contribution in [0.2, 0.25) is 0 Å². The quantitative estimate of drug-likeness (QED) is 0.549. The normalized spacial score (nSPS) is 12.5. The first-order valence-electron chi connectivity index (χ1n) is 8.22. The van der Waals surface area contributed by atoms with Crippen molar-refractivity contribution in [2.75, 3.05) is 18.7 Å². The van der Waals surface area contributed by atoms with Gasteiger partial charge in [0.15, 0.2) is 11.5 Å². The summed E-state index contributed by atoms with van der Waals surface area (Å²) in [5.74, 6) is 1.17. The Labute approximate surface area is 150 Å². The van der Waals surface area contributed by atoms with Crippen molar-refractivity contribution < 1.29 is 14.3 Å². The highest BCUT2D eigenvalue weighted by Crippen LogP contribution is 2.31. The third-order valence-electron chi connectivity index (χ3n) is 4.00. The second-order valence-corrected chi connectivity index (χ2v) is 5.82. The molecule has 0 spiro atoms. The zero-order valence-corrected chi connectivity index (χ0v) is 13.9. The Balaban J connectivity index is 1.30. The second-order valence-electron chi connectivity index (χ2n) is 5.82. The fourth-order valence-electron chi connectivity index (χ4n) is 2.69. The van der Waals surface area contributed by atoms with Gasteiger partial charge < -0.3 is 14.8 Å². The zero-order valence-electron chi connectivity index (χ0n) is 13.9. The monoisotopic (exact) mass is 347 g/mol. The van der Waals surface area contributed by atoms with E-state index in [1.165, 1.54) is 0 Å². The van der Waals surface area contributed by atoms with Crippen LogP contribution in [-0.4, -0.2) is 25.5 Å². The van der Waals surface area contributed by atoms with Gasteiger partial charge >= 0.3 is 0 Å². The average molecular weight is 347 g/mol. The van der Waals surface area contributed by atoms with Crippen LogP contribution in [0.15, 0.2) is 65.8 Å². The van der Waals surface area contributed by atoms with E-state index in [0.717, 1.165) is 22.0 Å². The summed E-state index contributed by atoms with van der Waals surface area (Å²) in [5, 5.41) is 9.35. The number of ether oxygens (including phenoxy) is 2. The third-order valence-corrected chi connectivity index (χ3v) is 4.00. The van der Waals surface area contributed by atoms with Gasteiger partial charge in [-0.2, -0.15) is 5.10 Å². The van der Waals surface area contributed by atoms with Gasteiger partial charge in [0, 0.05) is 5.69 Å². The maximum Gasteiger partial charge on any atom is 0.259 e. The smallest absolute Gasteiger partial charge is 0.259 e. The molecule has 1 amide bonds. The lowest BCUT2D eigenvalue weighted by molar-refractivity contribution is -0.119. The lowest BCUT2D eigenvalue weighted by Crippen LogP contribution is -2.25. The van der Waals surface area contributed by atoms with E-state index in [0.29, 0.717) is 11.5 Å². The summed E-state index contributed by atoms with van der Waals surface area (Å²) < 4.78 is 10.6. The van der Waals surface area contributed by atoms with Crippen molar-refractivity contribution in [2.45, 2.75) is 0 Å². The molecule has 1 aliphatic rings. The molecule has 130 valence electrons. The van der Waals surface area contributed by atoms with E-state index in [1.54, 1.807) is 6.21 Å². The van der Waals surface area contributed by atoms with Crippen molar-refractivity contribution in [3.05, 3.63) is 66.2 Å². The lowest BCUT2D eigenvalue weighted by atomic mass is 10.1. The molecule has 0 radical (unpaired) electrons. The summed E-state index contributed by atoms with van der Waals surface area (Å²) in [4.78, 5) is 11.9. The SMILES string of the molecule is O=C(CNc1ccc2ccccc2c1)N/N=C/c1ccc2c(c1)OCO2. The number of nitrogens with zero attached hydrogens (tertiary/aromatic N) is 1. The van der Waals surface area contributed by atoms with Gasteiger partial charge in [-0.05, 0) is 46.7 Å². The first-order chi connectivity index (χ1) is 12.8. The number of rotatable bonds is 5. The molecule has 6 heteroatoms. The Morgan fingerprint density at radius 3 is 2.77 bits per heavy atom. The van der Waals surface area contributed by atoms with Crippen LogP contribution < -0.4 is 20.2 Å². The van der Waals surface area contributed by atoms with Crippen molar-refractivity contribution in [1.29, 1.82) is 0 Å². The Kier molecular flexibility index (Phi) is 4.38. The molecular weight excluding hydrogens is 330 g/mol. The number of benzene rings is 3. The first kappa shape index (κ1) is 16.0. The Hall–Kier alpha value is -3.54. The average Bonchev–Trinajstić information content (AvgIpc) is 3.14. The van der Waals surface area contributed by atoms with E-state index in [4.69, 9.17) is 9.47 Å². The van der Waals surface area contributed by atoms with Crippen LogP contribution in [0, 0.1) is 0 Å². The topological polar surface area (TPSA) is 72.0 Å². The highest BCUT2D eigenvalue weighted by atomic mass is 16.7. The molecule has 0 aliphatic carbocycles. The number of fused-ring (bicyclic) bond motifs is 2. The molecule has 6 nitrogen and oxygen atoms in total. The van der Waals surface area contributed by atoms with Crippen molar-refractivity contribution >= 4 is 28.6 Å². The second kappa shape index (κ2) is 7.14. The van der Waals surface area contributed by atoms with Gasteiger partial charge in [0.2, 0.25) is 6.79 Å². The maximum atomic E-state index is 11.9. The van der Waals surface area contributed by atoms with Crippen LogP contribution in [0.1, 0.15) is 5.56 Å². The highest BCUT2D eigenvalue weighted by Gasteiger charge is 2.12. The largest absolute Gasteiger partial charge is 0.454 e. The minimum atomic E-state index is -0.227. The number of hydrogen-bond donors (Lipinski definition) is 2. The molecule has 0 saturated heterocycles. The standard InChI is InChI=1S/C20H17N3O3/c24-20(12-21-17-7-6-15-3-1-2-4-16(15)10-17)23-22-11-14-5-8-18-19(9-14)26-13-25-18/h1-11,21H,12-13H2,(H,23,24)/b22-11+. The number of nitrogens with one attached hydrogen (secondary N) is 2. The minimum absolute atomic E-state index is 0.136. The summed E-state index contributed by atoms with van der Waals surface area (Å²) in [6, 6.07) is 19.5. The van der Waals surface area contributed by atoms with Crippen molar-refractivity contribution in [3.8, 4) is 11.5 Å². The van der Waals surface area contributed by atoms with Crippen LogP contribution in [0.4, 0.5) is 5.69 Å². The highest BCUT2D eigenvalue weighted by molar-refractivity contribution is 5.87. The molecule has 3 aromatic carbocycles. The van der Waals surface area contributed by atoms with Crippen LogP contribution in [-0.2, 0) is 4.79 Å². The van der Waals surface area contributed by atoms with Crippen LogP contribution in [0.5, 0.6) is 11.5 Å². The predicted octanol–water partition coefficient (Wildman–Crippen LogP) is 3.13. The zero-order chi connectivity index (χ0) is 17.8. The van der Waals surface area contributed by atoms with E-state index in [-0.39, 0.29) is 19.2 Å². The summed E-state index contributed by atoms with van der Waals surface area (Å²) in [5.41, 5.74) is 4.21. The molecule has 0 unspecified atom stereocenters. The Bertz CT molecular complexity index is 985. The summed E-state index contributed by atoms with van der Waals surface area (Å²) >= 11 is 0. The predicted molar refractivity (Wildman–Crippen MR) is 101 cm³/mol. The molecule has 0 fully saturated rings. The number of carbonyl (C=O) groups is 1. The van der Waals surface area contributed by atoms with Gasteiger partial charge in [0.05, 0.1) is 12.8 Å². The molecule has 3 aromatic rings. The van der Waals surface area contributed by atoms with Gasteiger partial charge in [-0.3, -0.25) is 4.79 Å². The lowest BCUT2D eigenvalue weighted by Gasteiger charge is -2.06. The molecule has 0 aromatic heterocycles. The molecule has 2 N–H and O–H groups in total. The van der Waals surface area contributed by atoms with Crippen LogP contribution in [0.3, 0.4) is 0 Å². The molecule has 26 heavy (non-hydrogen) atoms. The number of hydrogen-bond acceptors (Lipinski definition) is 5. The molecule has 0 atom stereocenters. The Morgan fingerprint density at radius 1 is 1.00 bits per heavy atom. The molecule has 1 heterocycles. The maximum absolute atomic E-state index is 11.9. The van der Waals surface area contributed by atoms with E-state index in [1.807, 2.05) is 54.6 Å². The Morgan fingerprint density at radius 2 is 1.85 bits per heavy atom. The van der Waals surface area contributed by atoms with Crippen molar-refractivity contribution in [1.82, 2.24) is 5.43 Å². The van der Waals surface area contributed by atoms with E-state index in [9.17, 15) is 4.79 Å². The van der Waals surface area contributed by atoms with Gasteiger partial charge in [0.1, 0.15) is 0 Å². The van der Waals surface area contributed by atoms with E-state index < -0.39 is 0 Å². The van der Waals surface area contributed by atoms with Crippen LogP contribution >= 0.6 is 0 Å². The van der Waals surface area contributed by atoms with E-state index >= 15 is 0 Å². The molecular formula is C20H17N3O3.